The molecule has 0 fully saturated rings. The van der Waals surface area contributed by atoms with Crippen molar-refractivity contribution in [1.29, 1.82) is 0 Å². The molecule has 0 aromatic heterocycles. The topological polar surface area (TPSA) is 55.8 Å². The van der Waals surface area contributed by atoms with Gasteiger partial charge in [0.1, 0.15) is 5.76 Å². The maximum absolute atomic E-state index is 13.7. The summed E-state index contributed by atoms with van der Waals surface area (Å²) in [6.45, 7) is 1.84. The smallest absolute Gasteiger partial charge is 0.347 e. The molecule has 1 aliphatic rings. The molecular weight excluding hydrogens is 414 g/mol. The van der Waals surface area contributed by atoms with Crippen LogP contribution in [0.5, 0.6) is 0 Å². The van der Waals surface area contributed by atoms with Crippen molar-refractivity contribution in [3.63, 3.8) is 0 Å². The van der Waals surface area contributed by atoms with Gasteiger partial charge in [0.15, 0.2) is 5.57 Å². The third-order valence-corrected chi connectivity index (χ3v) is 5.08. The molecule has 0 bridgehead atoms. The van der Waals surface area contributed by atoms with Crippen LogP contribution >= 0.6 is 11.6 Å². The second-order valence-electron chi connectivity index (χ2n) is 6.82. The third kappa shape index (κ3) is 4.18. The summed E-state index contributed by atoms with van der Waals surface area (Å²) in [4.78, 5) is 28.0. The third-order valence-electron chi connectivity index (χ3n) is 4.83. The Labute approximate surface area is 185 Å². The summed E-state index contributed by atoms with van der Waals surface area (Å²) >= 11 is 6.06. The van der Waals surface area contributed by atoms with E-state index in [0.29, 0.717) is 16.3 Å². The lowest BCUT2D eigenvalue weighted by Crippen LogP contribution is -2.43. The number of halogens is 1. The number of anilines is 1. The van der Waals surface area contributed by atoms with Gasteiger partial charge in [0.2, 0.25) is 6.23 Å². The van der Waals surface area contributed by atoms with E-state index in [4.69, 9.17) is 21.1 Å². The van der Waals surface area contributed by atoms with E-state index in [1.54, 1.807) is 55.5 Å². The minimum atomic E-state index is -0.791. The molecular formula is C25H20ClNO4. The molecule has 0 N–H and O–H groups in total. The standard InChI is InChI=1S/C25H20ClNO4/c1-2-30-25(29)21-22(17-9-5-3-6-10-17)31-24(18-13-15-19(26)16-14-18)27(23(21)28)20-11-7-4-8-12-20/h3-16,24H,2H2,1H3. The van der Waals surface area contributed by atoms with Crippen molar-refractivity contribution >= 4 is 34.9 Å². The Hall–Kier alpha value is -3.57. The summed E-state index contributed by atoms with van der Waals surface area (Å²) in [7, 11) is 0. The quantitative estimate of drug-likeness (QED) is 0.400. The van der Waals surface area contributed by atoms with Crippen LogP contribution in [0.25, 0.3) is 5.76 Å². The average molecular weight is 434 g/mol. The van der Waals surface area contributed by atoms with E-state index in [0.717, 1.165) is 5.56 Å². The molecule has 3 aromatic rings. The summed E-state index contributed by atoms with van der Waals surface area (Å²) in [5.74, 6) is -1.02. The molecule has 4 rings (SSSR count). The van der Waals surface area contributed by atoms with Crippen molar-refractivity contribution in [2.45, 2.75) is 13.2 Å². The number of carbonyl (C=O) groups is 2. The zero-order chi connectivity index (χ0) is 21.8. The SMILES string of the molecule is CCOC(=O)C1=C(c2ccccc2)OC(c2ccc(Cl)cc2)N(c2ccccc2)C1=O. The van der Waals surface area contributed by atoms with E-state index in [9.17, 15) is 9.59 Å². The van der Waals surface area contributed by atoms with Gasteiger partial charge in [0.05, 0.1) is 6.61 Å². The van der Waals surface area contributed by atoms with Gasteiger partial charge in [-0.2, -0.15) is 0 Å². The maximum Gasteiger partial charge on any atom is 0.347 e. The van der Waals surface area contributed by atoms with Crippen LogP contribution in [0.3, 0.4) is 0 Å². The van der Waals surface area contributed by atoms with Crippen LogP contribution in [0.4, 0.5) is 5.69 Å². The first kappa shape index (κ1) is 20.7. The first-order valence-electron chi connectivity index (χ1n) is 9.87. The number of hydrogen-bond acceptors (Lipinski definition) is 4. The minimum Gasteiger partial charge on any atom is -0.464 e. The number of ether oxygens (including phenoxy) is 2. The normalized spacial score (nSPS) is 16.1. The van der Waals surface area contributed by atoms with Crippen molar-refractivity contribution in [1.82, 2.24) is 0 Å². The van der Waals surface area contributed by atoms with E-state index in [1.807, 2.05) is 36.4 Å². The van der Waals surface area contributed by atoms with Gasteiger partial charge in [0, 0.05) is 21.8 Å². The number of nitrogens with zero attached hydrogens (tertiary/aromatic N) is 1. The summed E-state index contributed by atoms with van der Waals surface area (Å²) in [5.41, 5.74) is 1.80. The molecule has 1 heterocycles. The Kier molecular flexibility index (Phi) is 6.05. The molecule has 0 saturated carbocycles. The fraction of sp³-hybridized carbons (Fsp3) is 0.120. The zero-order valence-corrected chi connectivity index (χ0v) is 17.6. The van der Waals surface area contributed by atoms with Gasteiger partial charge < -0.3 is 9.47 Å². The van der Waals surface area contributed by atoms with Crippen LogP contribution in [0.2, 0.25) is 5.02 Å². The van der Waals surface area contributed by atoms with Gasteiger partial charge in [-0.15, -0.1) is 0 Å². The van der Waals surface area contributed by atoms with Crippen molar-refractivity contribution in [2.75, 3.05) is 11.5 Å². The fourth-order valence-corrected chi connectivity index (χ4v) is 3.54. The van der Waals surface area contributed by atoms with Crippen molar-refractivity contribution in [3.8, 4) is 0 Å². The Balaban J connectivity index is 1.92. The van der Waals surface area contributed by atoms with Crippen molar-refractivity contribution in [2.24, 2.45) is 0 Å². The monoisotopic (exact) mass is 433 g/mol. The molecule has 1 aliphatic heterocycles. The van der Waals surface area contributed by atoms with Crippen LogP contribution in [0, 0.1) is 0 Å². The van der Waals surface area contributed by atoms with Gasteiger partial charge in [0.25, 0.3) is 5.91 Å². The number of hydrogen-bond donors (Lipinski definition) is 0. The van der Waals surface area contributed by atoms with Crippen LogP contribution in [0.1, 0.15) is 24.3 Å². The molecule has 156 valence electrons. The second-order valence-corrected chi connectivity index (χ2v) is 7.26. The molecule has 3 aromatic carbocycles. The molecule has 1 unspecified atom stereocenters. The summed E-state index contributed by atoms with van der Waals surface area (Å²) in [6, 6.07) is 25.2. The summed E-state index contributed by atoms with van der Waals surface area (Å²) in [6.07, 6.45) is -0.791. The van der Waals surface area contributed by atoms with E-state index in [2.05, 4.69) is 0 Å². The molecule has 0 aliphatic carbocycles. The van der Waals surface area contributed by atoms with Crippen LogP contribution < -0.4 is 4.90 Å². The molecule has 0 saturated heterocycles. The van der Waals surface area contributed by atoms with Gasteiger partial charge in [-0.25, -0.2) is 4.79 Å². The highest BCUT2D eigenvalue weighted by molar-refractivity contribution is 6.30. The van der Waals surface area contributed by atoms with Gasteiger partial charge in [-0.05, 0) is 31.2 Å². The molecule has 31 heavy (non-hydrogen) atoms. The van der Waals surface area contributed by atoms with Crippen molar-refractivity contribution < 1.29 is 19.1 Å². The second kappa shape index (κ2) is 9.06. The molecule has 6 heteroatoms. The predicted octanol–water partition coefficient (Wildman–Crippen LogP) is 5.38. The number of rotatable bonds is 5. The predicted molar refractivity (Wildman–Crippen MR) is 119 cm³/mol. The number of esters is 1. The van der Waals surface area contributed by atoms with Crippen LogP contribution in [-0.2, 0) is 19.1 Å². The van der Waals surface area contributed by atoms with Gasteiger partial charge in [-0.3, -0.25) is 9.69 Å². The summed E-state index contributed by atoms with van der Waals surface area (Å²) in [5, 5.41) is 0.572. The summed E-state index contributed by atoms with van der Waals surface area (Å²) < 4.78 is 11.6. The minimum absolute atomic E-state index is 0.137. The van der Waals surface area contributed by atoms with Gasteiger partial charge >= 0.3 is 5.97 Å². The van der Waals surface area contributed by atoms with Gasteiger partial charge in [-0.1, -0.05) is 72.3 Å². The Morgan fingerprint density at radius 2 is 1.58 bits per heavy atom. The van der Waals surface area contributed by atoms with E-state index in [-0.39, 0.29) is 17.9 Å². The number of amides is 1. The number of benzene rings is 3. The molecule has 5 nitrogen and oxygen atoms in total. The largest absolute Gasteiger partial charge is 0.464 e. The fourth-order valence-electron chi connectivity index (χ4n) is 3.42. The number of carbonyl (C=O) groups excluding carboxylic acids is 2. The molecule has 0 spiro atoms. The Bertz CT molecular complexity index is 1110. The van der Waals surface area contributed by atoms with Crippen LogP contribution in [-0.4, -0.2) is 18.5 Å². The van der Waals surface area contributed by atoms with E-state index in [1.165, 1.54) is 4.90 Å². The lowest BCUT2D eigenvalue weighted by atomic mass is 10.0. The first-order chi connectivity index (χ1) is 15.1. The Morgan fingerprint density at radius 3 is 2.19 bits per heavy atom. The Morgan fingerprint density at radius 1 is 0.968 bits per heavy atom. The lowest BCUT2D eigenvalue weighted by molar-refractivity contribution is -0.140. The number of para-hydroxylation sites is 1. The average Bonchev–Trinajstić information content (AvgIpc) is 2.80. The first-order valence-corrected chi connectivity index (χ1v) is 10.3. The molecule has 0 radical (unpaired) electrons. The van der Waals surface area contributed by atoms with E-state index >= 15 is 0 Å². The molecule has 1 amide bonds. The molecule has 1 atom stereocenters. The van der Waals surface area contributed by atoms with E-state index < -0.39 is 18.1 Å². The zero-order valence-electron chi connectivity index (χ0n) is 16.8. The van der Waals surface area contributed by atoms with Crippen molar-refractivity contribution in [3.05, 3.63) is 107 Å². The lowest BCUT2D eigenvalue weighted by Gasteiger charge is -2.37. The highest BCUT2D eigenvalue weighted by atomic mass is 35.5. The highest BCUT2D eigenvalue weighted by Gasteiger charge is 2.42. The van der Waals surface area contributed by atoms with Crippen LogP contribution in [0.15, 0.2) is 90.5 Å². The maximum atomic E-state index is 13.7. The highest BCUT2D eigenvalue weighted by Crippen LogP contribution is 2.40.